The standard InChI is InChI=1S/C23H26N6O4.C13H12N2O5.C10H16N4.2ClH/c1-14-10-20(24)27-28-22(14)15-6-8-29(9-7-15)23(30)17-11-18(31-2)19(13-25-17)33-16-4-5-21(32-3)26-12-16;1-18-10-5-9(13(16)17)14-7-11(10)20-8-3-4-12(19-2)15-6-8;1-7-6-9(11)13-14-10(7)8-2-4-12-5-3-8;;/h4-5,10-13,15H,6-9H2,1-3H3,(H2,24,27);3-7H,1-2H3,(H,16,17);6,8,12H,2-5H2,1H3,(H2,11,13);2*1H. The van der Waals surface area contributed by atoms with Gasteiger partial charge in [0.05, 0.1) is 64.6 Å². The van der Waals surface area contributed by atoms with Crippen LogP contribution in [0.5, 0.6) is 46.3 Å². The van der Waals surface area contributed by atoms with Crippen molar-refractivity contribution in [1.29, 1.82) is 0 Å². The molecule has 2 saturated heterocycles. The number of carbonyl (C=O) groups is 2. The smallest absolute Gasteiger partial charge is 0.354 e. The number of carbonyl (C=O) groups excluding carboxylic acids is 1. The summed E-state index contributed by atoms with van der Waals surface area (Å²) in [6.07, 6.45) is 9.68. The maximum Gasteiger partial charge on any atom is 0.354 e. The number of aromatic nitrogens is 8. The molecule has 0 spiro atoms. The minimum atomic E-state index is -1.14. The summed E-state index contributed by atoms with van der Waals surface area (Å²) < 4.78 is 31.8. The molecule has 8 rings (SSSR count). The van der Waals surface area contributed by atoms with Gasteiger partial charge >= 0.3 is 5.97 Å². The van der Waals surface area contributed by atoms with E-state index in [-0.39, 0.29) is 48.1 Å². The molecule has 2 aliphatic rings. The summed E-state index contributed by atoms with van der Waals surface area (Å²) in [5.41, 5.74) is 15.7. The van der Waals surface area contributed by atoms with Gasteiger partial charge in [-0.3, -0.25) is 4.79 Å². The van der Waals surface area contributed by atoms with Crippen molar-refractivity contribution in [3.8, 4) is 46.3 Å². The number of nitrogen functional groups attached to an aromatic ring is 2. The first-order valence-electron chi connectivity index (χ1n) is 21.3. The SMILES string of the molecule is COc1ccc(Oc2cnc(C(=O)N3CCC(c4nnc(N)cc4C)CC3)cc2OC)cn1.COc1ccc(Oc2cnc(C(=O)O)cc2OC)cn1.Cc1cc(N)nnc1C1CCNCC1.Cl.Cl. The largest absolute Gasteiger partial charge is 0.493 e. The lowest BCUT2D eigenvalue weighted by atomic mass is 9.91. The van der Waals surface area contributed by atoms with Crippen LogP contribution in [0.15, 0.2) is 73.3 Å². The maximum atomic E-state index is 13.1. The molecule has 69 heavy (non-hydrogen) atoms. The lowest BCUT2D eigenvalue weighted by Gasteiger charge is -2.32. The number of carboxylic acids is 1. The minimum Gasteiger partial charge on any atom is -0.493 e. The van der Waals surface area contributed by atoms with Gasteiger partial charge in [-0.05, 0) is 88.0 Å². The van der Waals surface area contributed by atoms with E-state index in [1.54, 1.807) is 42.3 Å². The molecule has 1 amide bonds. The first kappa shape index (κ1) is 54.2. The number of carboxylic acid groups (broad SMARTS) is 1. The van der Waals surface area contributed by atoms with E-state index in [1.807, 2.05) is 19.1 Å². The molecule has 6 aromatic rings. The molecule has 0 saturated carbocycles. The van der Waals surface area contributed by atoms with E-state index >= 15 is 0 Å². The number of nitrogens with one attached hydrogen (secondary N) is 1. The number of hydrogen-bond acceptors (Lipinski definition) is 19. The van der Waals surface area contributed by atoms with Gasteiger partial charge in [0.1, 0.15) is 28.8 Å². The fourth-order valence-electron chi connectivity index (χ4n) is 7.36. The van der Waals surface area contributed by atoms with Crippen molar-refractivity contribution >= 4 is 48.3 Å². The number of rotatable bonds is 12. The summed E-state index contributed by atoms with van der Waals surface area (Å²) in [7, 11) is 5.99. The highest BCUT2D eigenvalue weighted by Gasteiger charge is 2.28. The topological polar surface area (TPSA) is 280 Å². The van der Waals surface area contributed by atoms with Crippen LogP contribution in [0, 0.1) is 13.8 Å². The Kier molecular flexibility index (Phi) is 20.6. The van der Waals surface area contributed by atoms with Crippen molar-refractivity contribution in [3.63, 3.8) is 0 Å². The van der Waals surface area contributed by atoms with E-state index < -0.39 is 5.97 Å². The van der Waals surface area contributed by atoms with E-state index in [1.165, 1.54) is 57.7 Å². The quantitative estimate of drug-likeness (QED) is 0.0998. The summed E-state index contributed by atoms with van der Waals surface area (Å²) in [6.45, 7) is 7.41. The average Bonchev–Trinajstić information content (AvgIpc) is 3.35. The molecule has 23 heteroatoms. The maximum absolute atomic E-state index is 13.1. The Balaban J connectivity index is 0.000000245. The number of ether oxygens (including phenoxy) is 6. The second-order valence-electron chi connectivity index (χ2n) is 15.3. The molecule has 8 heterocycles. The Hall–Kier alpha value is -7.36. The lowest BCUT2D eigenvalue weighted by Crippen LogP contribution is -2.38. The van der Waals surface area contributed by atoms with Gasteiger partial charge in [-0.2, -0.15) is 10.2 Å². The molecule has 2 aliphatic heterocycles. The predicted molar refractivity (Wildman–Crippen MR) is 260 cm³/mol. The van der Waals surface area contributed by atoms with Gasteiger partial charge in [-0.25, -0.2) is 24.7 Å². The number of pyridine rings is 4. The molecule has 6 aromatic heterocycles. The van der Waals surface area contributed by atoms with Gasteiger partial charge in [0.25, 0.3) is 5.91 Å². The summed E-state index contributed by atoms with van der Waals surface area (Å²) in [4.78, 5) is 41.9. The Morgan fingerprint density at radius 1 is 0.594 bits per heavy atom. The molecule has 0 aliphatic carbocycles. The number of nitrogens with zero attached hydrogens (tertiary/aromatic N) is 9. The van der Waals surface area contributed by atoms with Gasteiger partial charge in [0, 0.05) is 49.2 Å². The van der Waals surface area contributed by atoms with Crippen molar-refractivity contribution in [2.24, 2.45) is 0 Å². The van der Waals surface area contributed by atoms with Crippen LogP contribution in [-0.2, 0) is 0 Å². The third-order valence-electron chi connectivity index (χ3n) is 10.8. The number of amides is 1. The number of methoxy groups -OCH3 is 4. The van der Waals surface area contributed by atoms with Crippen LogP contribution in [-0.4, -0.2) is 117 Å². The molecule has 6 N–H and O–H groups in total. The molecule has 0 aromatic carbocycles. The van der Waals surface area contributed by atoms with E-state index in [0.717, 1.165) is 55.7 Å². The molecular weight excluding hydrogens is 935 g/mol. The van der Waals surface area contributed by atoms with Crippen molar-refractivity contribution in [1.82, 2.24) is 50.5 Å². The Morgan fingerprint density at radius 2 is 1.04 bits per heavy atom. The fraction of sp³-hybridized carbons (Fsp3) is 0.348. The third-order valence-corrected chi connectivity index (χ3v) is 10.8. The number of piperidine rings is 2. The normalized spacial score (nSPS) is 13.3. The first-order valence-corrected chi connectivity index (χ1v) is 21.3. The summed E-state index contributed by atoms with van der Waals surface area (Å²) in [5, 5.41) is 28.6. The summed E-state index contributed by atoms with van der Waals surface area (Å²) in [5.74, 6) is 3.71. The van der Waals surface area contributed by atoms with E-state index in [4.69, 9.17) is 45.0 Å². The Bertz CT molecular complexity index is 2600. The molecule has 0 atom stereocenters. The minimum absolute atomic E-state index is 0. The highest BCUT2D eigenvalue weighted by atomic mass is 35.5. The van der Waals surface area contributed by atoms with E-state index in [9.17, 15) is 9.59 Å². The van der Waals surface area contributed by atoms with Crippen molar-refractivity contribution < 1.29 is 43.1 Å². The molecule has 0 radical (unpaired) electrons. The van der Waals surface area contributed by atoms with Crippen molar-refractivity contribution in [3.05, 3.63) is 107 Å². The molecule has 0 bridgehead atoms. The van der Waals surface area contributed by atoms with Gasteiger partial charge in [-0.1, -0.05) is 0 Å². The van der Waals surface area contributed by atoms with E-state index in [2.05, 4.69) is 52.6 Å². The number of anilines is 2. The molecule has 368 valence electrons. The van der Waals surface area contributed by atoms with Gasteiger partial charge in [0.2, 0.25) is 11.8 Å². The van der Waals surface area contributed by atoms with E-state index in [0.29, 0.717) is 76.8 Å². The molecule has 0 unspecified atom stereocenters. The van der Waals surface area contributed by atoms with Crippen molar-refractivity contribution in [2.45, 2.75) is 51.4 Å². The van der Waals surface area contributed by atoms with Crippen LogP contribution in [0.4, 0.5) is 11.6 Å². The van der Waals surface area contributed by atoms with Gasteiger partial charge in [-0.15, -0.1) is 35.0 Å². The van der Waals surface area contributed by atoms with Crippen LogP contribution in [0.25, 0.3) is 0 Å². The number of aryl methyl sites for hydroxylation is 2. The van der Waals surface area contributed by atoms with Crippen LogP contribution < -0.4 is 45.2 Å². The average molecular weight is 992 g/mol. The van der Waals surface area contributed by atoms with Crippen LogP contribution >= 0.6 is 24.8 Å². The van der Waals surface area contributed by atoms with Crippen LogP contribution in [0.2, 0.25) is 0 Å². The monoisotopic (exact) mass is 990 g/mol. The highest BCUT2D eigenvalue weighted by molar-refractivity contribution is 5.93. The van der Waals surface area contributed by atoms with Crippen LogP contribution in [0.1, 0.15) is 81.0 Å². The number of halogens is 2. The molecular formula is C46H56Cl2N12O9. The predicted octanol–water partition coefficient (Wildman–Crippen LogP) is 6.65. The Morgan fingerprint density at radius 3 is 1.45 bits per heavy atom. The lowest BCUT2D eigenvalue weighted by molar-refractivity contribution is 0.0686. The number of nitrogens with two attached hydrogens (primary N) is 2. The van der Waals surface area contributed by atoms with Gasteiger partial charge in [0.15, 0.2) is 28.7 Å². The Labute approximate surface area is 411 Å². The summed E-state index contributed by atoms with van der Waals surface area (Å²) in [6, 6.07) is 13.3. The third kappa shape index (κ3) is 14.8. The number of likely N-dealkylation sites (tertiary alicyclic amines) is 1. The zero-order valence-corrected chi connectivity index (χ0v) is 40.6. The second-order valence-corrected chi connectivity index (χ2v) is 15.3. The first-order chi connectivity index (χ1) is 32.4. The zero-order chi connectivity index (χ0) is 47.9. The fourth-order valence-corrected chi connectivity index (χ4v) is 7.36. The molecule has 21 nitrogen and oxygen atoms in total. The van der Waals surface area contributed by atoms with Crippen LogP contribution in [0.3, 0.4) is 0 Å². The zero-order valence-electron chi connectivity index (χ0n) is 38.9. The highest BCUT2D eigenvalue weighted by Crippen LogP contribution is 2.34. The number of hydrogen-bond donors (Lipinski definition) is 4. The number of aromatic carboxylic acids is 1. The molecule has 2 fully saturated rings. The van der Waals surface area contributed by atoms with Crippen molar-refractivity contribution in [2.75, 3.05) is 66.1 Å². The summed E-state index contributed by atoms with van der Waals surface area (Å²) >= 11 is 0. The van der Waals surface area contributed by atoms with Gasteiger partial charge < -0.3 is 55.2 Å². The second kappa shape index (κ2) is 26.3.